The third-order valence-electron chi connectivity index (χ3n) is 1.67. The van der Waals surface area contributed by atoms with Crippen molar-refractivity contribution in [1.29, 1.82) is 0 Å². The lowest BCUT2D eigenvalue weighted by Crippen LogP contribution is -2.08. The molecule has 0 radical (unpaired) electrons. The maximum Gasteiger partial charge on any atom is 0.305 e. The Labute approximate surface area is 89.4 Å². The standard InChI is InChI=1S/C10H18O5/c1-2-14-9(12)5-3-4-6-10(13)15-8-7-11/h11H,2-8H2,1H3. The number of esters is 2. The van der Waals surface area contributed by atoms with Crippen molar-refractivity contribution in [2.75, 3.05) is 19.8 Å². The highest BCUT2D eigenvalue weighted by Gasteiger charge is 2.04. The first-order valence-electron chi connectivity index (χ1n) is 5.12. The minimum Gasteiger partial charge on any atom is -0.466 e. The van der Waals surface area contributed by atoms with Gasteiger partial charge in [0.15, 0.2) is 0 Å². The molecule has 0 aromatic heterocycles. The van der Waals surface area contributed by atoms with Crippen molar-refractivity contribution in [3.05, 3.63) is 0 Å². The number of ether oxygens (including phenoxy) is 2. The molecule has 5 heteroatoms. The van der Waals surface area contributed by atoms with Crippen molar-refractivity contribution in [1.82, 2.24) is 0 Å². The number of hydrogen-bond donors (Lipinski definition) is 1. The number of unbranched alkanes of at least 4 members (excludes halogenated alkanes) is 1. The van der Waals surface area contributed by atoms with Crippen LogP contribution >= 0.6 is 0 Å². The van der Waals surface area contributed by atoms with Gasteiger partial charge in [-0.3, -0.25) is 9.59 Å². The normalized spacial score (nSPS) is 9.73. The minimum absolute atomic E-state index is 0.0384. The quantitative estimate of drug-likeness (QED) is 0.478. The van der Waals surface area contributed by atoms with Crippen LogP contribution in [-0.2, 0) is 19.1 Å². The zero-order valence-electron chi connectivity index (χ0n) is 9.03. The fourth-order valence-electron chi connectivity index (χ4n) is 1.00. The number of aliphatic hydroxyl groups is 1. The summed E-state index contributed by atoms with van der Waals surface area (Å²) in [6, 6.07) is 0. The number of rotatable bonds is 8. The van der Waals surface area contributed by atoms with E-state index in [4.69, 9.17) is 9.84 Å². The lowest BCUT2D eigenvalue weighted by molar-refractivity contribution is -0.146. The van der Waals surface area contributed by atoms with Crippen molar-refractivity contribution in [3.8, 4) is 0 Å². The highest BCUT2D eigenvalue weighted by Crippen LogP contribution is 2.02. The molecule has 0 rings (SSSR count). The zero-order valence-corrected chi connectivity index (χ0v) is 9.03. The molecule has 0 amide bonds. The van der Waals surface area contributed by atoms with Gasteiger partial charge in [-0.2, -0.15) is 0 Å². The van der Waals surface area contributed by atoms with Gasteiger partial charge >= 0.3 is 11.9 Å². The monoisotopic (exact) mass is 218 g/mol. The largest absolute Gasteiger partial charge is 0.466 e. The van der Waals surface area contributed by atoms with Crippen LogP contribution in [0.15, 0.2) is 0 Å². The molecule has 0 saturated heterocycles. The first-order valence-corrected chi connectivity index (χ1v) is 5.12. The fraction of sp³-hybridized carbons (Fsp3) is 0.800. The molecule has 0 aliphatic rings. The molecule has 0 spiro atoms. The maximum atomic E-state index is 10.9. The molecule has 0 aromatic rings. The van der Waals surface area contributed by atoms with Gasteiger partial charge in [-0.15, -0.1) is 0 Å². The second-order valence-electron chi connectivity index (χ2n) is 2.96. The topological polar surface area (TPSA) is 72.8 Å². The number of aliphatic hydroxyl groups excluding tert-OH is 1. The molecule has 0 aliphatic heterocycles. The minimum atomic E-state index is -0.340. The average Bonchev–Trinajstić information content (AvgIpc) is 2.22. The second-order valence-corrected chi connectivity index (χ2v) is 2.96. The van der Waals surface area contributed by atoms with Crippen molar-refractivity contribution in [2.24, 2.45) is 0 Å². The van der Waals surface area contributed by atoms with Gasteiger partial charge in [-0.1, -0.05) is 0 Å². The fourth-order valence-corrected chi connectivity index (χ4v) is 1.00. The van der Waals surface area contributed by atoms with Gasteiger partial charge in [0.25, 0.3) is 0 Å². The molecule has 0 aliphatic carbocycles. The zero-order chi connectivity index (χ0) is 11.5. The Morgan fingerprint density at radius 3 is 2.07 bits per heavy atom. The van der Waals surface area contributed by atoms with E-state index in [1.807, 2.05) is 0 Å². The van der Waals surface area contributed by atoms with Gasteiger partial charge in [-0.25, -0.2) is 0 Å². The summed E-state index contributed by atoms with van der Waals surface area (Å²) in [6.45, 7) is 2.02. The average molecular weight is 218 g/mol. The first kappa shape index (κ1) is 13.9. The Bertz CT molecular complexity index is 190. The van der Waals surface area contributed by atoms with Crippen LogP contribution < -0.4 is 0 Å². The molecule has 15 heavy (non-hydrogen) atoms. The molecule has 0 saturated carbocycles. The summed E-state index contributed by atoms with van der Waals surface area (Å²) in [4.78, 5) is 21.8. The molecular weight excluding hydrogens is 200 g/mol. The summed E-state index contributed by atoms with van der Waals surface area (Å²) in [5.41, 5.74) is 0. The lowest BCUT2D eigenvalue weighted by Gasteiger charge is -2.03. The highest BCUT2D eigenvalue weighted by molar-refractivity contribution is 5.70. The van der Waals surface area contributed by atoms with Gasteiger partial charge in [0.2, 0.25) is 0 Å². The van der Waals surface area contributed by atoms with E-state index < -0.39 is 0 Å². The van der Waals surface area contributed by atoms with Crippen LogP contribution in [0.2, 0.25) is 0 Å². The van der Waals surface area contributed by atoms with Crippen LogP contribution in [0.4, 0.5) is 0 Å². The molecule has 5 nitrogen and oxygen atoms in total. The summed E-state index contributed by atoms with van der Waals surface area (Å²) in [7, 11) is 0. The predicted octanol–water partition coefficient (Wildman–Crippen LogP) is 0.645. The molecule has 0 bridgehead atoms. The molecular formula is C10H18O5. The Morgan fingerprint density at radius 2 is 1.60 bits per heavy atom. The highest BCUT2D eigenvalue weighted by atomic mass is 16.5. The van der Waals surface area contributed by atoms with Gasteiger partial charge in [-0.05, 0) is 19.8 Å². The number of carbonyl (C=O) groups excluding carboxylic acids is 2. The summed E-state index contributed by atoms with van der Waals surface area (Å²) < 4.78 is 9.37. The molecule has 0 unspecified atom stereocenters. The van der Waals surface area contributed by atoms with Gasteiger partial charge in [0.05, 0.1) is 13.2 Å². The van der Waals surface area contributed by atoms with Crippen LogP contribution in [0.25, 0.3) is 0 Å². The van der Waals surface area contributed by atoms with Crippen LogP contribution in [-0.4, -0.2) is 36.9 Å². The van der Waals surface area contributed by atoms with Crippen molar-refractivity contribution in [2.45, 2.75) is 32.6 Å². The van der Waals surface area contributed by atoms with Crippen LogP contribution in [0.1, 0.15) is 32.6 Å². The number of carbonyl (C=O) groups is 2. The van der Waals surface area contributed by atoms with Crippen molar-refractivity contribution in [3.63, 3.8) is 0 Å². The molecule has 0 aromatic carbocycles. The smallest absolute Gasteiger partial charge is 0.305 e. The molecule has 88 valence electrons. The number of hydrogen-bond acceptors (Lipinski definition) is 5. The van der Waals surface area contributed by atoms with Crippen molar-refractivity contribution < 1.29 is 24.2 Å². The molecule has 0 fully saturated rings. The van der Waals surface area contributed by atoms with E-state index >= 15 is 0 Å². The molecule has 1 N–H and O–H groups in total. The van der Waals surface area contributed by atoms with Crippen LogP contribution in [0.3, 0.4) is 0 Å². The van der Waals surface area contributed by atoms with Gasteiger partial charge in [0.1, 0.15) is 6.61 Å². The third-order valence-corrected chi connectivity index (χ3v) is 1.67. The first-order chi connectivity index (χ1) is 7.20. The summed E-state index contributed by atoms with van der Waals surface area (Å²) in [5, 5.41) is 8.38. The Morgan fingerprint density at radius 1 is 1.07 bits per heavy atom. The van der Waals surface area contributed by atoms with E-state index in [0.717, 1.165) is 0 Å². The van der Waals surface area contributed by atoms with Gasteiger partial charge in [0, 0.05) is 12.8 Å². The van der Waals surface area contributed by atoms with E-state index in [2.05, 4.69) is 4.74 Å². The third kappa shape index (κ3) is 9.21. The van der Waals surface area contributed by atoms with Gasteiger partial charge < -0.3 is 14.6 Å². The second kappa shape index (κ2) is 9.45. The van der Waals surface area contributed by atoms with Crippen LogP contribution in [0, 0.1) is 0 Å². The predicted molar refractivity (Wildman–Crippen MR) is 53.1 cm³/mol. The lowest BCUT2D eigenvalue weighted by atomic mass is 10.2. The summed E-state index contributed by atoms with van der Waals surface area (Å²) in [5.74, 6) is -0.575. The Hall–Kier alpha value is -1.10. The summed E-state index contributed by atoms with van der Waals surface area (Å²) >= 11 is 0. The van der Waals surface area contributed by atoms with E-state index in [9.17, 15) is 9.59 Å². The SMILES string of the molecule is CCOC(=O)CCCCC(=O)OCCO. The molecule has 0 atom stereocenters. The summed E-state index contributed by atoms with van der Waals surface area (Å²) in [6.07, 6.45) is 1.83. The van der Waals surface area contributed by atoms with E-state index in [-0.39, 0.29) is 31.6 Å². The van der Waals surface area contributed by atoms with E-state index in [1.165, 1.54) is 0 Å². The Balaban J connectivity index is 3.30. The Kier molecular flexibility index (Phi) is 8.76. The maximum absolute atomic E-state index is 10.9. The van der Waals surface area contributed by atoms with E-state index in [0.29, 0.717) is 25.9 Å². The van der Waals surface area contributed by atoms with Crippen molar-refractivity contribution >= 4 is 11.9 Å². The van der Waals surface area contributed by atoms with E-state index in [1.54, 1.807) is 6.92 Å². The molecule has 0 heterocycles. The van der Waals surface area contributed by atoms with Crippen LogP contribution in [0.5, 0.6) is 0 Å².